The summed E-state index contributed by atoms with van der Waals surface area (Å²) in [7, 11) is 0. The summed E-state index contributed by atoms with van der Waals surface area (Å²) in [6.07, 6.45) is 5.51. The van der Waals surface area contributed by atoms with E-state index in [0.717, 1.165) is 69.9 Å². The molecular formula is C26H34N2O3. The zero-order valence-electron chi connectivity index (χ0n) is 18.6. The Morgan fingerprint density at radius 3 is 2.52 bits per heavy atom. The van der Waals surface area contributed by atoms with Crippen molar-refractivity contribution >= 4 is 5.91 Å². The lowest BCUT2D eigenvalue weighted by molar-refractivity contribution is 0.0702. The van der Waals surface area contributed by atoms with Crippen molar-refractivity contribution in [2.45, 2.75) is 51.7 Å². The standard InChI is InChI=1S/C26H34N2O3/c1-2-30-23-10-8-9-21(19-23)20-27-17-13-22(14-18-27)31-25-12-5-4-11-24(25)26(29)28-15-6-3-7-16-28/h4-5,8-12,19,22H,2-3,6-7,13-18,20H2,1H3. The Morgan fingerprint density at radius 2 is 1.74 bits per heavy atom. The molecule has 5 heteroatoms. The zero-order valence-corrected chi connectivity index (χ0v) is 18.6. The normalized spacial score (nSPS) is 18.0. The Labute approximate surface area is 185 Å². The highest BCUT2D eigenvalue weighted by Crippen LogP contribution is 2.26. The van der Waals surface area contributed by atoms with Crippen LogP contribution in [0, 0.1) is 0 Å². The molecule has 2 fully saturated rings. The van der Waals surface area contributed by atoms with Crippen LogP contribution in [0.15, 0.2) is 48.5 Å². The molecule has 2 heterocycles. The molecule has 2 aliphatic heterocycles. The summed E-state index contributed by atoms with van der Waals surface area (Å²) in [5, 5.41) is 0. The fraction of sp³-hybridized carbons (Fsp3) is 0.500. The molecule has 0 spiro atoms. The van der Waals surface area contributed by atoms with Crippen molar-refractivity contribution in [3.05, 3.63) is 59.7 Å². The van der Waals surface area contributed by atoms with E-state index < -0.39 is 0 Å². The van der Waals surface area contributed by atoms with Gasteiger partial charge in [-0.3, -0.25) is 9.69 Å². The Bertz CT molecular complexity index is 855. The van der Waals surface area contributed by atoms with Gasteiger partial charge in [-0.1, -0.05) is 24.3 Å². The maximum Gasteiger partial charge on any atom is 0.257 e. The van der Waals surface area contributed by atoms with Crippen molar-refractivity contribution in [1.29, 1.82) is 0 Å². The monoisotopic (exact) mass is 422 g/mol. The van der Waals surface area contributed by atoms with E-state index in [1.807, 2.05) is 42.2 Å². The van der Waals surface area contributed by atoms with Gasteiger partial charge in [0.05, 0.1) is 12.2 Å². The number of likely N-dealkylation sites (tertiary alicyclic amines) is 2. The molecule has 2 aromatic carbocycles. The Hall–Kier alpha value is -2.53. The molecule has 0 N–H and O–H groups in total. The number of hydrogen-bond acceptors (Lipinski definition) is 4. The molecule has 4 rings (SSSR count). The minimum absolute atomic E-state index is 0.113. The average Bonchev–Trinajstić information content (AvgIpc) is 2.81. The number of carbonyl (C=O) groups is 1. The van der Waals surface area contributed by atoms with E-state index in [0.29, 0.717) is 12.2 Å². The van der Waals surface area contributed by atoms with Gasteiger partial charge in [0.15, 0.2) is 0 Å². The molecule has 0 unspecified atom stereocenters. The highest BCUT2D eigenvalue weighted by molar-refractivity contribution is 5.97. The maximum atomic E-state index is 13.0. The Balaban J connectivity index is 1.32. The minimum Gasteiger partial charge on any atom is -0.494 e. The predicted molar refractivity (Wildman–Crippen MR) is 123 cm³/mol. The van der Waals surface area contributed by atoms with Crippen molar-refractivity contribution in [2.24, 2.45) is 0 Å². The summed E-state index contributed by atoms with van der Waals surface area (Å²) < 4.78 is 12.0. The Kier molecular flexibility index (Phi) is 7.47. The van der Waals surface area contributed by atoms with Gasteiger partial charge in [0.1, 0.15) is 17.6 Å². The zero-order chi connectivity index (χ0) is 21.5. The highest BCUT2D eigenvalue weighted by atomic mass is 16.5. The van der Waals surface area contributed by atoms with Crippen LogP contribution in [0.2, 0.25) is 0 Å². The molecule has 2 saturated heterocycles. The molecule has 31 heavy (non-hydrogen) atoms. The van der Waals surface area contributed by atoms with Crippen molar-refractivity contribution in [1.82, 2.24) is 9.80 Å². The van der Waals surface area contributed by atoms with Gasteiger partial charge in [-0.05, 0) is 68.9 Å². The minimum atomic E-state index is 0.113. The molecule has 0 radical (unpaired) electrons. The molecule has 2 aromatic rings. The smallest absolute Gasteiger partial charge is 0.257 e. The van der Waals surface area contributed by atoms with Crippen LogP contribution in [0.25, 0.3) is 0 Å². The van der Waals surface area contributed by atoms with Crippen LogP contribution in [0.3, 0.4) is 0 Å². The van der Waals surface area contributed by atoms with Crippen LogP contribution in [-0.4, -0.2) is 54.6 Å². The summed E-state index contributed by atoms with van der Waals surface area (Å²) in [4.78, 5) is 17.5. The fourth-order valence-electron chi connectivity index (χ4n) is 4.54. The number of piperidine rings is 2. The van der Waals surface area contributed by atoms with Gasteiger partial charge >= 0.3 is 0 Å². The lowest BCUT2D eigenvalue weighted by Gasteiger charge is -2.33. The van der Waals surface area contributed by atoms with Gasteiger partial charge in [-0.2, -0.15) is 0 Å². The maximum absolute atomic E-state index is 13.0. The number of benzene rings is 2. The van der Waals surface area contributed by atoms with Gasteiger partial charge in [-0.25, -0.2) is 0 Å². The number of ether oxygens (including phenoxy) is 2. The fourth-order valence-corrected chi connectivity index (χ4v) is 4.54. The number of para-hydroxylation sites is 1. The number of amides is 1. The van der Waals surface area contributed by atoms with Crippen LogP contribution in [-0.2, 0) is 6.54 Å². The van der Waals surface area contributed by atoms with Crippen LogP contribution in [0.5, 0.6) is 11.5 Å². The summed E-state index contributed by atoms with van der Waals surface area (Å²) in [5.74, 6) is 1.79. The van der Waals surface area contributed by atoms with E-state index in [-0.39, 0.29) is 12.0 Å². The molecule has 5 nitrogen and oxygen atoms in total. The highest BCUT2D eigenvalue weighted by Gasteiger charge is 2.25. The molecule has 0 aliphatic carbocycles. The Morgan fingerprint density at radius 1 is 0.968 bits per heavy atom. The van der Waals surface area contributed by atoms with E-state index in [1.165, 1.54) is 12.0 Å². The largest absolute Gasteiger partial charge is 0.494 e. The second kappa shape index (κ2) is 10.7. The first-order valence-corrected chi connectivity index (χ1v) is 11.7. The average molecular weight is 423 g/mol. The lowest BCUT2D eigenvalue weighted by atomic mass is 10.1. The number of nitrogens with zero attached hydrogens (tertiary/aromatic N) is 2. The van der Waals surface area contributed by atoms with Gasteiger partial charge < -0.3 is 14.4 Å². The van der Waals surface area contributed by atoms with E-state index in [1.54, 1.807) is 0 Å². The molecule has 2 aliphatic rings. The summed E-state index contributed by atoms with van der Waals surface area (Å²) in [5.41, 5.74) is 1.99. The van der Waals surface area contributed by atoms with Gasteiger partial charge in [0.2, 0.25) is 0 Å². The van der Waals surface area contributed by atoms with Gasteiger partial charge in [0.25, 0.3) is 5.91 Å². The number of hydrogen-bond donors (Lipinski definition) is 0. The topological polar surface area (TPSA) is 42.0 Å². The lowest BCUT2D eigenvalue weighted by Crippen LogP contribution is -2.38. The molecule has 166 valence electrons. The van der Waals surface area contributed by atoms with E-state index in [9.17, 15) is 4.79 Å². The number of rotatable bonds is 7. The van der Waals surface area contributed by atoms with E-state index in [4.69, 9.17) is 9.47 Å². The second-order valence-corrected chi connectivity index (χ2v) is 8.52. The van der Waals surface area contributed by atoms with E-state index >= 15 is 0 Å². The van der Waals surface area contributed by atoms with Crippen LogP contribution in [0.4, 0.5) is 0 Å². The molecule has 0 bridgehead atoms. The quantitative estimate of drug-likeness (QED) is 0.645. The van der Waals surface area contributed by atoms with Crippen LogP contribution < -0.4 is 9.47 Å². The van der Waals surface area contributed by atoms with Crippen molar-refractivity contribution in [3.8, 4) is 11.5 Å². The third kappa shape index (κ3) is 5.79. The first-order valence-electron chi connectivity index (χ1n) is 11.7. The van der Waals surface area contributed by atoms with Crippen LogP contribution >= 0.6 is 0 Å². The van der Waals surface area contributed by atoms with Crippen LogP contribution in [0.1, 0.15) is 54.9 Å². The van der Waals surface area contributed by atoms with Crippen molar-refractivity contribution in [3.63, 3.8) is 0 Å². The first kappa shape index (κ1) is 21.7. The van der Waals surface area contributed by atoms with E-state index in [2.05, 4.69) is 23.1 Å². The van der Waals surface area contributed by atoms with Gasteiger partial charge in [-0.15, -0.1) is 0 Å². The van der Waals surface area contributed by atoms with Gasteiger partial charge in [0, 0.05) is 32.7 Å². The summed E-state index contributed by atoms with van der Waals surface area (Å²) in [6.45, 7) is 7.32. The molecular weight excluding hydrogens is 388 g/mol. The third-order valence-corrected chi connectivity index (χ3v) is 6.20. The predicted octanol–water partition coefficient (Wildman–Crippen LogP) is 4.75. The third-order valence-electron chi connectivity index (χ3n) is 6.20. The molecule has 0 aromatic heterocycles. The SMILES string of the molecule is CCOc1cccc(CN2CCC(Oc3ccccc3C(=O)N3CCCCC3)CC2)c1. The molecule has 0 atom stereocenters. The first-order chi connectivity index (χ1) is 15.2. The number of carbonyl (C=O) groups excluding carboxylic acids is 1. The summed E-state index contributed by atoms with van der Waals surface area (Å²) >= 11 is 0. The summed E-state index contributed by atoms with van der Waals surface area (Å²) in [6, 6.07) is 16.1. The van der Waals surface area contributed by atoms with Crippen molar-refractivity contribution < 1.29 is 14.3 Å². The molecule has 1 amide bonds. The second-order valence-electron chi connectivity index (χ2n) is 8.52. The molecule has 0 saturated carbocycles. The van der Waals surface area contributed by atoms with Crippen molar-refractivity contribution in [2.75, 3.05) is 32.8 Å².